The van der Waals surface area contributed by atoms with Crippen LogP contribution in [0.2, 0.25) is 0 Å². The minimum Gasteiger partial charge on any atom is -0.497 e. The van der Waals surface area contributed by atoms with Gasteiger partial charge in [0.15, 0.2) is 5.78 Å². The van der Waals surface area contributed by atoms with Gasteiger partial charge in [0, 0.05) is 18.5 Å². The standard InChI is InChI=1S/C19H20N2O5/c1-25-15-6-4-13(5-7-15)17(22)10-20-19(24)14-9-18(23)21(11-14)12-16-3-2-8-26-16/h2-8,14H,9-12H2,1H3,(H,20,24)/t14-/m1/s1. The molecule has 3 rings (SSSR count). The van der Waals surface area contributed by atoms with Crippen molar-refractivity contribution in [3.05, 3.63) is 54.0 Å². The van der Waals surface area contributed by atoms with E-state index in [-0.39, 0.29) is 30.6 Å². The Balaban J connectivity index is 1.50. The second-order valence-corrected chi connectivity index (χ2v) is 6.12. The van der Waals surface area contributed by atoms with E-state index in [1.807, 2.05) is 0 Å². The van der Waals surface area contributed by atoms with Gasteiger partial charge in [-0.25, -0.2) is 0 Å². The number of hydrogen-bond donors (Lipinski definition) is 1. The molecule has 0 saturated carbocycles. The Hall–Kier alpha value is -3.09. The third kappa shape index (κ3) is 4.11. The average molecular weight is 356 g/mol. The van der Waals surface area contributed by atoms with Crippen LogP contribution in [0.4, 0.5) is 0 Å². The van der Waals surface area contributed by atoms with Crippen molar-refractivity contribution in [1.29, 1.82) is 0 Å². The minimum atomic E-state index is -0.457. The average Bonchev–Trinajstić information content (AvgIpc) is 3.30. The second-order valence-electron chi connectivity index (χ2n) is 6.12. The number of ether oxygens (including phenoxy) is 1. The molecular weight excluding hydrogens is 336 g/mol. The third-order valence-electron chi connectivity index (χ3n) is 4.35. The van der Waals surface area contributed by atoms with Crippen molar-refractivity contribution in [2.45, 2.75) is 13.0 Å². The number of hydrogen-bond acceptors (Lipinski definition) is 5. The first-order valence-corrected chi connectivity index (χ1v) is 8.32. The topological polar surface area (TPSA) is 88.8 Å². The van der Waals surface area contributed by atoms with Crippen molar-refractivity contribution in [2.24, 2.45) is 5.92 Å². The van der Waals surface area contributed by atoms with E-state index in [1.165, 1.54) is 0 Å². The van der Waals surface area contributed by atoms with Gasteiger partial charge >= 0.3 is 0 Å². The van der Waals surface area contributed by atoms with Crippen LogP contribution in [0.5, 0.6) is 5.75 Å². The fourth-order valence-electron chi connectivity index (χ4n) is 2.88. The zero-order chi connectivity index (χ0) is 18.5. The molecule has 1 atom stereocenters. The van der Waals surface area contributed by atoms with Crippen LogP contribution in [0.25, 0.3) is 0 Å². The van der Waals surface area contributed by atoms with Gasteiger partial charge in [0.05, 0.1) is 32.4 Å². The Morgan fingerprint density at radius 3 is 2.69 bits per heavy atom. The van der Waals surface area contributed by atoms with Crippen LogP contribution in [-0.4, -0.2) is 42.7 Å². The van der Waals surface area contributed by atoms with Gasteiger partial charge in [-0.05, 0) is 36.4 Å². The van der Waals surface area contributed by atoms with Crippen molar-refractivity contribution in [3.63, 3.8) is 0 Å². The Labute approximate surface area is 150 Å². The highest BCUT2D eigenvalue weighted by Crippen LogP contribution is 2.20. The van der Waals surface area contributed by atoms with Crippen LogP contribution in [0.3, 0.4) is 0 Å². The van der Waals surface area contributed by atoms with Gasteiger partial charge in [0.2, 0.25) is 11.8 Å². The molecule has 0 aliphatic carbocycles. The molecule has 7 nitrogen and oxygen atoms in total. The number of rotatable bonds is 7. The van der Waals surface area contributed by atoms with Gasteiger partial charge in [-0.3, -0.25) is 14.4 Å². The molecule has 1 saturated heterocycles. The molecule has 1 fully saturated rings. The third-order valence-corrected chi connectivity index (χ3v) is 4.35. The van der Waals surface area contributed by atoms with Crippen LogP contribution < -0.4 is 10.1 Å². The number of carbonyl (C=O) groups is 3. The molecule has 26 heavy (non-hydrogen) atoms. The van der Waals surface area contributed by atoms with Crippen LogP contribution in [0.1, 0.15) is 22.5 Å². The summed E-state index contributed by atoms with van der Waals surface area (Å²) in [4.78, 5) is 38.1. The van der Waals surface area contributed by atoms with Gasteiger partial charge < -0.3 is 19.4 Å². The van der Waals surface area contributed by atoms with Crippen molar-refractivity contribution in [2.75, 3.05) is 20.2 Å². The van der Waals surface area contributed by atoms with E-state index >= 15 is 0 Å². The number of amides is 2. The van der Waals surface area contributed by atoms with Crippen molar-refractivity contribution in [1.82, 2.24) is 10.2 Å². The summed E-state index contributed by atoms with van der Waals surface area (Å²) in [7, 11) is 1.55. The summed E-state index contributed by atoms with van der Waals surface area (Å²) < 4.78 is 10.3. The molecule has 2 amide bonds. The fraction of sp³-hybridized carbons (Fsp3) is 0.316. The molecular formula is C19H20N2O5. The van der Waals surface area contributed by atoms with E-state index in [0.717, 1.165) is 0 Å². The Kier molecular flexibility index (Phi) is 5.36. The smallest absolute Gasteiger partial charge is 0.225 e. The normalized spacial score (nSPS) is 16.6. The number of nitrogens with one attached hydrogen (secondary N) is 1. The largest absolute Gasteiger partial charge is 0.497 e. The lowest BCUT2D eigenvalue weighted by Crippen LogP contribution is -2.36. The molecule has 1 aliphatic rings. The number of benzene rings is 1. The lowest BCUT2D eigenvalue weighted by Gasteiger charge is -2.15. The van der Waals surface area contributed by atoms with Gasteiger partial charge in [-0.2, -0.15) is 0 Å². The summed E-state index contributed by atoms with van der Waals surface area (Å²) >= 11 is 0. The van der Waals surface area contributed by atoms with E-state index in [4.69, 9.17) is 9.15 Å². The van der Waals surface area contributed by atoms with Gasteiger partial charge in [-0.15, -0.1) is 0 Å². The van der Waals surface area contributed by atoms with Crippen LogP contribution in [0.15, 0.2) is 47.1 Å². The molecule has 2 heterocycles. The Bertz CT molecular complexity index is 783. The maximum absolute atomic E-state index is 12.3. The number of methoxy groups -OCH3 is 1. The Morgan fingerprint density at radius 1 is 1.27 bits per heavy atom. The quantitative estimate of drug-likeness (QED) is 0.762. The Morgan fingerprint density at radius 2 is 2.04 bits per heavy atom. The van der Waals surface area contributed by atoms with Crippen molar-refractivity contribution < 1.29 is 23.5 Å². The first kappa shape index (κ1) is 17.7. The number of likely N-dealkylation sites (tertiary alicyclic amines) is 1. The molecule has 1 aromatic carbocycles. The van der Waals surface area contributed by atoms with E-state index in [2.05, 4.69) is 5.32 Å². The monoisotopic (exact) mass is 356 g/mol. The lowest BCUT2D eigenvalue weighted by molar-refractivity contribution is -0.129. The van der Waals surface area contributed by atoms with Gasteiger partial charge in [0.25, 0.3) is 0 Å². The number of nitrogens with zero attached hydrogens (tertiary/aromatic N) is 1. The highest BCUT2D eigenvalue weighted by atomic mass is 16.5. The molecule has 0 bridgehead atoms. The predicted octanol–water partition coefficient (Wildman–Crippen LogP) is 1.64. The van der Waals surface area contributed by atoms with E-state index < -0.39 is 5.92 Å². The predicted molar refractivity (Wildman–Crippen MR) is 92.6 cm³/mol. The number of ketones is 1. The van der Waals surface area contributed by atoms with Crippen LogP contribution in [-0.2, 0) is 16.1 Å². The summed E-state index contributed by atoms with van der Waals surface area (Å²) in [6.07, 6.45) is 1.69. The van der Waals surface area contributed by atoms with Gasteiger partial charge in [-0.1, -0.05) is 0 Å². The maximum Gasteiger partial charge on any atom is 0.225 e. The van der Waals surface area contributed by atoms with Crippen molar-refractivity contribution >= 4 is 17.6 Å². The van der Waals surface area contributed by atoms with Crippen molar-refractivity contribution in [3.8, 4) is 5.75 Å². The zero-order valence-electron chi connectivity index (χ0n) is 14.4. The molecule has 7 heteroatoms. The highest BCUT2D eigenvalue weighted by molar-refractivity contribution is 6.00. The lowest BCUT2D eigenvalue weighted by atomic mass is 10.1. The number of carbonyl (C=O) groups excluding carboxylic acids is 3. The molecule has 1 aromatic heterocycles. The molecule has 0 spiro atoms. The van der Waals surface area contributed by atoms with Crippen LogP contribution in [0, 0.1) is 5.92 Å². The fourth-order valence-corrected chi connectivity index (χ4v) is 2.88. The van der Waals surface area contributed by atoms with Gasteiger partial charge in [0.1, 0.15) is 11.5 Å². The zero-order valence-corrected chi connectivity index (χ0v) is 14.4. The summed E-state index contributed by atoms with van der Waals surface area (Å²) in [6.45, 7) is 0.566. The van der Waals surface area contributed by atoms with Crippen LogP contribution >= 0.6 is 0 Å². The first-order valence-electron chi connectivity index (χ1n) is 8.32. The first-order chi connectivity index (χ1) is 12.6. The maximum atomic E-state index is 12.3. The van der Waals surface area contributed by atoms with E-state index in [1.54, 1.807) is 54.7 Å². The second kappa shape index (κ2) is 7.86. The van der Waals surface area contributed by atoms with E-state index in [9.17, 15) is 14.4 Å². The minimum absolute atomic E-state index is 0.0944. The summed E-state index contributed by atoms with van der Waals surface area (Å²) in [5.41, 5.74) is 0.494. The molecule has 136 valence electrons. The molecule has 2 aromatic rings. The molecule has 0 radical (unpaired) electrons. The summed E-state index contributed by atoms with van der Waals surface area (Å²) in [6, 6.07) is 10.2. The SMILES string of the molecule is COc1ccc(C(=O)CNC(=O)[C@@H]2CC(=O)N(Cc3ccco3)C2)cc1. The molecule has 1 aliphatic heterocycles. The molecule has 0 unspecified atom stereocenters. The summed E-state index contributed by atoms with van der Waals surface area (Å²) in [5, 5.41) is 2.63. The molecule has 1 N–H and O–H groups in total. The number of Topliss-reactive ketones (excluding diaryl/α,β-unsaturated/α-hetero) is 1. The highest BCUT2D eigenvalue weighted by Gasteiger charge is 2.34. The number of furan rings is 1. The summed E-state index contributed by atoms with van der Waals surface area (Å²) in [5.74, 6) is 0.296. The van der Waals surface area contributed by atoms with E-state index in [0.29, 0.717) is 30.2 Å².